The normalized spacial score (nSPS) is 36.0. The number of rotatable bonds is 0. The van der Waals surface area contributed by atoms with Crippen LogP contribution in [0.1, 0.15) is 47.0 Å². The Morgan fingerprint density at radius 3 is 2.00 bits per heavy atom. The molecule has 1 N–H and O–H groups in total. The van der Waals surface area contributed by atoms with Gasteiger partial charge in [-0.2, -0.15) is 0 Å². The minimum atomic E-state index is -0.833. The van der Waals surface area contributed by atoms with Crippen LogP contribution in [0.3, 0.4) is 0 Å². The summed E-state index contributed by atoms with van der Waals surface area (Å²) < 4.78 is 0. The fourth-order valence-electron chi connectivity index (χ4n) is 2.90. The molecule has 0 aromatic rings. The van der Waals surface area contributed by atoms with Crippen molar-refractivity contribution in [2.75, 3.05) is 0 Å². The molecule has 3 heteroatoms. The molecule has 0 aromatic carbocycles. The second-order valence-electron chi connectivity index (χ2n) is 5.44. The maximum atomic E-state index is 11.6. The summed E-state index contributed by atoms with van der Waals surface area (Å²) in [5.74, 6) is 0.360. The average molecular weight is 212 g/mol. The van der Waals surface area contributed by atoms with E-state index in [1.54, 1.807) is 0 Å². The van der Waals surface area contributed by atoms with Gasteiger partial charge in [0.05, 0.1) is 0 Å². The molecule has 2 aliphatic carbocycles. The molecule has 0 spiro atoms. The fourth-order valence-corrected chi connectivity index (χ4v) is 2.90. The van der Waals surface area contributed by atoms with E-state index < -0.39 is 5.97 Å². The lowest BCUT2D eigenvalue weighted by Crippen LogP contribution is -2.32. The van der Waals surface area contributed by atoms with Gasteiger partial charge in [-0.15, -0.1) is 0 Å². The van der Waals surface area contributed by atoms with Gasteiger partial charge in [0.2, 0.25) is 0 Å². The van der Waals surface area contributed by atoms with Crippen molar-refractivity contribution in [2.45, 2.75) is 47.0 Å². The summed E-state index contributed by atoms with van der Waals surface area (Å²) in [5.41, 5.74) is 0.307. The Labute approximate surface area is 90.9 Å². The van der Waals surface area contributed by atoms with Gasteiger partial charge in [0.15, 0.2) is 0 Å². The standard InChI is InChI=1S/C10H16O.C2H4O2/c1-9(2)7-4-5-10(9,3)8(11)6-7;1-2(3)4/h7H,4-6H2,1-3H3;1H3,(H,3,4). The van der Waals surface area contributed by atoms with Crippen LogP contribution in [0.4, 0.5) is 0 Å². The monoisotopic (exact) mass is 212 g/mol. The molecule has 2 bridgehead atoms. The molecule has 2 rings (SSSR count). The van der Waals surface area contributed by atoms with Gasteiger partial charge < -0.3 is 5.11 Å². The van der Waals surface area contributed by atoms with Gasteiger partial charge in [-0.25, -0.2) is 0 Å². The third-order valence-corrected chi connectivity index (χ3v) is 4.48. The number of carboxylic acids is 1. The van der Waals surface area contributed by atoms with Gasteiger partial charge in [0, 0.05) is 18.8 Å². The quantitative estimate of drug-likeness (QED) is 0.671. The second kappa shape index (κ2) is 3.62. The second-order valence-corrected chi connectivity index (χ2v) is 5.44. The van der Waals surface area contributed by atoms with Gasteiger partial charge >= 0.3 is 0 Å². The molecular weight excluding hydrogens is 192 g/mol. The summed E-state index contributed by atoms with van der Waals surface area (Å²) in [6.07, 6.45) is 3.25. The lowest BCUT2D eigenvalue weighted by Gasteiger charge is -2.32. The van der Waals surface area contributed by atoms with Gasteiger partial charge in [0.1, 0.15) is 5.78 Å². The van der Waals surface area contributed by atoms with Crippen LogP contribution in [0.25, 0.3) is 0 Å². The lowest BCUT2D eigenvalue weighted by molar-refractivity contribution is -0.134. The Bertz CT molecular complexity index is 289. The molecule has 2 saturated carbocycles. The molecule has 0 heterocycles. The predicted octanol–water partition coefficient (Wildman–Crippen LogP) is 2.49. The van der Waals surface area contributed by atoms with Crippen LogP contribution in [0, 0.1) is 16.7 Å². The zero-order chi connectivity index (χ0) is 11.9. The Balaban J connectivity index is 0.000000245. The van der Waals surface area contributed by atoms with E-state index in [0.29, 0.717) is 11.7 Å². The minimum absolute atomic E-state index is 0.0255. The molecule has 0 aliphatic heterocycles. The molecule has 86 valence electrons. The van der Waals surface area contributed by atoms with E-state index >= 15 is 0 Å². The lowest BCUT2D eigenvalue weighted by atomic mass is 9.70. The summed E-state index contributed by atoms with van der Waals surface area (Å²) in [5, 5.41) is 7.42. The fraction of sp³-hybridized carbons (Fsp3) is 0.833. The third kappa shape index (κ3) is 1.80. The van der Waals surface area contributed by atoms with Crippen molar-refractivity contribution in [2.24, 2.45) is 16.7 Å². The minimum Gasteiger partial charge on any atom is -0.481 e. The molecule has 0 saturated heterocycles. The van der Waals surface area contributed by atoms with Gasteiger partial charge in [-0.1, -0.05) is 20.8 Å². The van der Waals surface area contributed by atoms with Crippen LogP contribution in [0.5, 0.6) is 0 Å². The largest absolute Gasteiger partial charge is 0.481 e. The number of fused-ring (bicyclic) bond motifs is 2. The number of carbonyl (C=O) groups excluding carboxylic acids is 1. The van der Waals surface area contributed by atoms with Crippen LogP contribution >= 0.6 is 0 Å². The highest BCUT2D eigenvalue weighted by molar-refractivity contribution is 5.89. The molecule has 0 amide bonds. The van der Waals surface area contributed by atoms with Crippen molar-refractivity contribution in [1.29, 1.82) is 0 Å². The maximum Gasteiger partial charge on any atom is 0.300 e. The first kappa shape index (κ1) is 12.2. The van der Waals surface area contributed by atoms with Crippen LogP contribution in [0.2, 0.25) is 0 Å². The first-order valence-electron chi connectivity index (χ1n) is 5.44. The molecule has 2 aliphatic rings. The third-order valence-electron chi connectivity index (χ3n) is 4.48. The number of hydrogen-bond donors (Lipinski definition) is 1. The Kier molecular flexibility index (Phi) is 2.94. The Hall–Kier alpha value is -0.860. The number of ketones is 1. The molecule has 2 unspecified atom stereocenters. The van der Waals surface area contributed by atoms with Crippen molar-refractivity contribution >= 4 is 11.8 Å². The first-order valence-corrected chi connectivity index (χ1v) is 5.44. The molecule has 0 radical (unpaired) electrons. The zero-order valence-corrected chi connectivity index (χ0v) is 9.96. The van der Waals surface area contributed by atoms with Crippen molar-refractivity contribution in [1.82, 2.24) is 0 Å². The maximum absolute atomic E-state index is 11.6. The van der Waals surface area contributed by atoms with Crippen molar-refractivity contribution < 1.29 is 14.7 Å². The van der Waals surface area contributed by atoms with Gasteiger partial charge in [0.25, 0.3) is 5.97 Å². The van der Waals surface area contributed by atoms with E-state index in [2.05, 4.69) is 20.8 Å². The highest BCUT2D eigenvalue weighted by atomic mass is 16.4. The van der Waals surface area contributed by atoms with E-state index in [1.807, 2.05) is 0 Å². The van der Waals surface area contributed by atoms with E-state index in [1.165, 1.54) is 6.42 Å². The van der Waals surface area contributed by atoms with Crippen LogP contribution in [-0.4, -0.2) is 16.9 Å². The van der Waals surface area contributed by atoms with Crippen molar-refractivity contribution in [3.8, 4) is 0 Å². The van der Waals surface area contributed by atoms with E-state index in [0.717, 1.165) is 19.8 Å². The van der Waals surface area contributed by atoms with Gasteiger partial charge in [-0.3, -0.25) is 9.59 Å². The smallest absolute Gasteiger partial charge is 0.300 e. The van der Waals surface area contributed by atoms with Crippen LogP contribution < -0.4 is 0 Å². The summed E-state index contributed by atoms with van der Waals surface area (Å²) in [7, 11) is 0. The molecule has 15 heavy (non-hydrogen) atoms. The number of hydrogen-bond acceptors (Lipinski definition) is 2. The SMILES string of the molecule is CC(=O)O.CC12CCC(CC1=O)C2(C)C. The summed E-state index contributed by atoms with van der Waals surface area (Å²) in [6.45, 7) is 7.76. The summed E-state index contributed by atoms with van der Waals surface area (Å²) in [4.78, 5) is 20.6. The molecule has 3 nitrogen and oxygen atoms in total. The summed E-state index contributed by atoms with van der Waals surface area (Å²) in [6, 6.07) is 0. The number of carboxylic acid groups (broad SMARTS) is 1. The van der Waals surface area contributed by atoms with Crippen LogP contribution in [-0.2, 0) is 9.59 Å². The number of Topliss-reactive ketones (excluding diaryl/α,β-unsaturated/α-hetero) is 1. The van der Waals surface area contributed by atoms with Gasteiger partial charge in [-0.05, 0) is 24.2 Å². The van der Waals surface area contributed by atoms with E-state index in [9.17, 15) is 4.79 Å². The molecular formula is C12H20O3. The predicted molar refractivity (Wildman–Crippen MR) is 57.5 cm³/mol. The Morgan fingerprint density at radius 1 is 1.40 bits per heavy atom. The highest BCUT2D eigenvalue weighted by Gasteiger charge is 2.61. The first-order chi connectivity index (χ1) is 6.72. The van der Waals surface area contributed by atoms with Crippen LogP contribution in [0.15, 0.2) is 0 Å². The number of aliphatic carboxylic acids is 1. The topological polar surface area (TPSA) is 54.4 Å². The van der Waals surface area contributed by atoms with Crippen molar-refractivity contribution in [3.63, 3.8) is 0 Å². The molecule has 2 fully saturated rings. The number of carbonyl (C=O) groups is 2. The molecule has 2 atom stereocenters. The van der Waals surface area contributed by atoms with E-state index in [4.69, 9.17) is 9.90 Å². The average Bonchev–Trinajstić information content (AvgIpc) is 2.36. The Morgan fingerprint density at radius 2 is 1.87 bits per heavy atom. The summed E-state index contributed by atoms with van der Waals surface area (Å²) >= 11 is 0. The zero-order valence-electron chi connectivity index (χ0n) is 9.96. The highest BCUT2D eigenvalue weighted by Crippen LogP contribution is 2.63. The molecule has 0 aromatic heterocycles. The van der Waals surface area contributed by atoms with E-state index in [-0.39, 0.29) is 10.8 Å². The van der Waals surface area contributed by atoms with Crippen molar-refractivity contribution in [3.05, 3.63) is 0 Å².